The zero-order chi connectivity index (χ0) is 36.3. The topological polar surface area (TPSA) is 113 Å². The maximum Gasteiger partial charge on any atom is 0.241 e. The van der Waals surface area contributed by atoms with Crippen molar-refractivity contribution in [2.75, 3.05) is 24.0 Å². The predicted octanol–water partition coefficient (Wildman–Crippen LogP) is 7.02. The summed E-state index contributed by atoms with van der Waals surface area (Å²) in [6, 6.07) is 28.5. The second-order valence-electron chi connectivity index (χ2n) is 14.1. The first-order valence-corrected chi connectivity index (χ1v) is 17.5. The lowest BCUT2D eigenvalue weighted by Crippen LogP contribution is -2.48. The summed E-state index contributed by atoms with van der Waals surface area (Å²) in [4.78, 5) is 59.9. The summed E-state index contributed by atoms with van der Waals surface area (Å²) in [6.07, 6.45) is 6.38. The molecule has 2 heterocycles. The molecule has 4 aromatic rings. The molecule has 4 amide bonds. The molecule has 1 saturated carbocycles. The van der Waals surface area contributed by atoms with Gasteiger partial charge in [-0.25, -0.2) is 4.90 Å². The zero-order valence-corrected chi connectivity index (χ0v) is 29.1. The first kappa shape index (κ1) is 33.2. The van der Waals surface area contributed by atoms with Crippen LogP contribution in [0.3, 0.4) is 0 Å². The van der Waals surface area contributed by atoms with E-state index in [1.807, 2.05) is 61.5 Å². The Bertz CT molecular complexity index is 2180. The maximum absolute atomic E-state index is 14.5. The number of hydrogen-bond donors (Lipinski definition) is 1. The van der Waals surface area contributed by atoms with Gasteiger partial charge in [-0.05, 0) is 79.8 Å². The van der Waals surface area contributed by atoms with Crippen molar-refractivity contribution < 1.29 is 33.8 Å². The molecule has 0 spiro atoms. The van der Waals surface area contributed by atoms with Crippen molar-refractivity contribution >= 4 is 47.2 Å². The van der Waals surface area contributed by atoms with Gasteiger partial charge in [0.1, 0.15) is 17.2 Å². The largest absolute Gasteiger partial charge is 0.508 e. The fourth-order valence-electron chi connectivity index (χ4n) is 9.06. The molecule has 6 unspecified atom stereocenters. The summed E-state index contributed by atoms with van der Waals surface area (Å²) in [7, 11) is 3.21. The highest BCUT2D eigenvalue weighted by atomic mass is 16.5. The number of aromatic hydroxyl groups is 1. The van der Waals surface area contributed by atoms with Crippen molar-refractivity contribution in [3.63, 3.8) is 0 Å². The number of phenols is 1. The number of benzene rings is 4. The Morgan fingerprint density at radius 2 is 1.46 bits per heavy atom. The fourth-order valence-corrected chi connectivity index (χ4v) is 9.06. The van der Waals surface area contributed by atoms with Gasteiger partial charge in [0.05, 0.1) is 48.8 Å². The summed E-state index contributed by atoms with van der Waals surface area (Å²) in [5, 5.41) is 11.2. The van der Waals surface area contributed by atoms with Crippen LogP contribution in [0.4, 0.5) is 11.4 Å². The number of anilines is 2. The molecule has 1 N–H and O–H groups in total. The predicted molar refractivity (Wildman–Crippen MR) is 197 cm³/mol. The van der Waals surface area contributed by atoms with Gasteiger partial charge in [-0.1, -0.05) is 72.3 Å². The fraction of sp³-hybridized carbons (Fsp3) is 0.256. The number of fused-ring (bicyclic) bond motifs is 4. The highest BCUT2D eigenvalue weighted by molar-refractivity contribution is 6.25. The van der Waals surface area contributed by atoms with Crippen molar-refractivity contribution in [3.8, 4) is 17.2 Å². The minimum Gasteiger partial charge on any atom is -0.508 e. The van der Waals surface area contributed by atoms with E-state index >= 15 is 0 Å². The summed E-state index contributed by atoms with van der Waals surface area (Å²) in [5.74, 6) is -3.07. The third-order valence-corrected chi connectivity index (χ3v) is 11.6. The van der Waals surface area contributed by atoms with Crippen molar-refractivity contribution in [1.82, 2.24) is 0 Å². The van der Waals surface area contributed by atoms with Crippen LogP contribution in [-0.2, 0) is 19.2 Å². The number of ether oxygens (including phenoxy) is 2. The average molecular weight is 695 g/mol. The van der Waals surface area contributed by atoms with Crippen molar-refractivity contribution in [2.45, 2.75) is 25.7 Å². The minimum absolute atomic E-state index is 0.0176. The van der Waals surface area contributed by atoms with Crippen LogP contribution in [0.2, 0.25) is 0 Å². The van der Waals surface area contributed by atoms with Crippen LogP contribution in [0.15, 0.2) is 109 Å². The summed E-state index contributed by atoms with van der Waals surface area (Å²) < 4.78 is 10.8. The van der Waals surface area contributed by atoms with Gasteiger partial charge in [-0.3, -0.25) is 24.1 Å². The Balaban J connectivity index is 1.13. The standard InChI is InChI=1S/C43H38N2O7/c1-43-34(40(48)45(42(43)50)27-9-5-4-6-10-27)24-33-30(38(43)31-11-7-8-12-35(31)46)20-21-32-37(33)41(49)44(39(32)47)28-17-14-25(15-18-28)13-16-26-23-29(51-2)19-22-36(26)52-3/h4-20,22-23,32-34,37-38,46H,21,24H2,1-3H3. The lowest BCUT2D eigenvalue weighted by atomic mass is 9.51. The monoisotopic (exact) mass is 694 g/mol. The molecule has 8 rings (SSSR count). The van der Waals surface area contributed by atoms with E-state index in [4.69, 9.17) is 9.47 Å². The van der Waals surface area contributed by atoms with E-state index in [1.54, 1.807) is 74.9 Å². The van der Waals surface area contributed by atoms with Gasteiger partial charge in [-0.15, -0.1) is 0 Å². The van der Waals surface area contributed by atoms with Crippen LogP contribution in [-0.4, -0.2) is 43.0 Å². The molecule has 0 bridgehead atoms. The van der Waals surface area contributed by atoms with Crippen molar-refractivity contribution in [2.24, 2.45) is 29.1 Å². The van der Waals surface area contributed by atoms with Gasteiger partial charge in [0.2, 0.25) is 23.6 Å². The molecule has 6 atom stereocenters. The van der Waals surface area contributed by atoms with E-state index < -0.39 is 35.0 Å². The van der Waals surface area contributed by atoms with E-state index in [0.29, 0.717) is 34.9 Å². The van der Waals surface area contributed by atoms with Gasteiger partial charge in [0, 0.05) is 17.0 Å². The molecule has 4 aromatic carbocycles. The number of carbonyl (C=O) groups is 4. The Morgan fingerprint density at radius 1 is 0.750 bits per heavy atom. The van der Waals surface area contributed by atoms with Gasteiger partial charge < -0.3 is 14.6 Å². The van der Waals surface area contributed by atoms with Crippen LogP contribution in [0.25, 0.3) is 12.2 Å². The Labute approximate surface area is 301 Å². The summed E-state index contributed by atoms with van der Waals surface area (Å²) in [6.45, 7) is 1.81. The minimum atomic E-state index is -1.22. The molecule has 3 fully saturated rings. The second kappa shape index (κ2) is 12.7. The van der Waals surface area contributed by atoms with Crippen LogP contribution in [0, 0.1) is 29.1 Å². The third-order valence-electron chi connectivity index (χ3n) is 11.6. The molecule has 9 nitrogen and oxygen atoms in total. The van der Waals surface area contributed by atoms with Crippen LogP contribution >= 0.6 is 0 Å². The smallest absolute Gasteiger partial charge is 0.241 e. The Morgan fingerprint density at radius 3 is 2.17 bits per heavy atom. The third kappa shape index (κ3) is 4.98. The molecule has 52 heavy (non-hydrogen) atoms. The zero-order valence-electron chi connectivity index (χ0n) is 29.1. The molecular weight excluding hydrogens is 656 g/mol. The van der Waals surface area contributed by atoms with Crippen LogP contribution in [0.5, 0.6) is 17.2 Å². The molecule has 0 radical (unpaired) electrons. The van der Waals surface area contributed by atoms with E-state index in [1.165, 1.54) is 9.80 Å². The molecule has 0 aromatic heterocycles. The lowest BCUT2D eigenvalue weighted by molar-refractivity contribution is -0.131. The van der Waals surface area contributed by atoms with Crippen molar-refractivity contribution in [1.29, 1.82) is 0 Å². The number of nitrogens with zero attached hydrogens (tertiary/aromatic N) is 2. The maximum atomic E-state index is 14.5. The Hall–Kier alpha value is -5.96. The van der Waals surface area contributed by atoms with E-state index in [2.05, 4.69) is 0 Å². The average Bonchev–Trinajstić information content (AvgIpc) is 3.54. The first-order chi connectivity index (χ1) is 25.2. The second-order valence-corrected chi connectivity index (χ2v) is 14.1. The number of allylic oxidation sites excluding steroid dienone is 2. The van der Waals surface area contributed by atoms with E-state index in [0.717, 1.165) is 16.7 Å². The summed E-state index contributed by atoms with van der Waals surface area (Å²) >= 11 is 0. The van der Waals surface area contributed by atoms with Gasteiger partial charge in [0.25, 0.3) is 0 Å². The van der Waals surface area contributed by atoms with Crippen LogP contribution in [0.1, 0.15) is 42.4 Å². The number of methoxy groups -OCH3 is 2. The number of rotatable bonds is 7. The molecule has 2 aliphatic carbocycles. The molecule has 2 saturated heterocycles. The molecule has 4 aliphatic rings. The molecule has 9 heteroatoms. The van der Waals surface area contributed by atoms with Crippen LogP contribution < -0.4 is 19.3 Å². The van der Waals surface area contributed by atoms with E-state index in [-0.39, 0.29) is 35.8 Å². The number of phenolic OH excluding ortho intramolecular Hbond substituents is 1. The lowest BCUT2D eigenvalue weighted by Gasteiger charge is -2.49. The number of imide groups is 2. The SMILES string of the molecule is COc1ccc(OC)c(C=Cc2ccc(N3C(=O)C4CC=C5C(CC6C(=O)N(c7ccccc7)C(=O)C6(C)C5c5ccccc5O)C4C3=O)cc2)c1. The number of carbonyl (C=O) groups excluding carboxylic acids is 4. The first-order valence-electron chi connectivity index (χ1n) is 17.5. The Kier molecular flexibility index (Phi) is 8.09. The number of amides is 4. The normalized spacial score (nSPS) is 26.7. The van der Waals surface area contributed by atoms with Gasteiger partial charge in [0.15, 0.2) is 0 Å². The van der Waals surface area contributed by atoms with Gasteiger partial charge in [-0.2, -0.15) is 0 Å². The highest BCUT2D eigenvalue weighted by Gasteiger charge is 2.68. The van der Waals surface area contributed by atoms with E-state index in [9.17, 15) is 24.3 Å². The number of hydrogen-bond acceptors (Lipinski definition) is 7. The molecule has 262 valence electrons. The molecule has 2 aliphatic heterocycles. The highest BCUT2D eigenvalue weighted by Crippen LogP contribution is 2.64. The van der Waals surface area contributed by atoms with Crippen molar-refractivity contribution in [3.05, 3.63) is 125 Å². The summed E-state index contributed by atoms with van der Waals surface area (Å²) in [5.41, 5.74) is 2.80. The van der Waals surface area contributed by atoms with Gasteiger partial charge >= 0.3 is 0 Å². The number of para-hydroxylation sites is 2. The quantitative estimate of drug-likeness (QED) is 0.126. The molecular formula is C43H38N2O7.